The topological polar surface area (TPSA) is 58.3 Å². The summed E-state index contributed by atoms with van der Waals surface area (Å²) in [5, 5.41) is 13.1. The van der Waals surface area contributed by atoms with Gasteiger partial charge in [0.2, 0.25) is 5.89 Å². The fourth-order valence-electron chi connectivity index (χ4n) is 2.58. The molecular formula is C14H24N2O2. The second-order valence-electron chi connectivity index (χ2n) is 5.72. The Balaban J connectivity index is 1.94. The number of aryl methyl sites for hydroxylation is 2. The average molecular weight is 252 g/mol. The molecule has 2 N–H and O–H groups in total. The molecule has 1 saturated carbocycles. The maximum absolute atomic E-state index is 9.65. The summed E-state index contributed by atoms with van der Waals surface area (Å²) in [5.41, 5.74) is 0.810. The zero-order valence-corrected chi connectivity index (χ0v) is 11.6. The van der Waals surface area contributed by atoms with E-state index in [9.17, 15) is 5.11 Å². The maximum Gasteiger partial charge on any atom is 0.208 e. The molecule has 1 aliphatic rings. The summed E-state index contributed by atoms with van der Waals surface area (Å²) in [5.74, 6) is 2.37. The van der Waals surface area contributed by atoms with Crippen molar-refractivity contribution in [2.45, 2.75) is 58.5 Å². The van der Waals surface area contributed by atoms with Crippen LogP contribution in [-0.4, -0.2) is 22.2 Å². The molecule has 0 bridgehead atoms. The van der Waals surface area contributed by atoms with Crippen molar-refractivity contribution in [3.05, 3.63) is 17.3 Å². The molecule has 1 heterocycles. The highest BCUT2D eigenvalue weighted by atomic mass is 16.4. The van der Waals surface area contributed by atoms with Gasteiger partial charge in [-0.3, -0.25) is 0 Å². The van der Waals surface area contributed by atoms with Crippen LogP contribution in [0.3, 0.4) is 0 Å². The van der Waals surface area contributed by atoms with Crippen molar-refractivity contribution < 1.29 is 9.52 Å². The fraction of sp³-hybridized carbons (Fsp3) is 0.786. The molecule has 0 unspecified atom stereocenters. The van der Waals surface area contributed by atoms with Gasteiger partial charge in [0.25, 0.3) is 0 Å². The third-order valence-electron chi connectivity index (χ3n) is 4.22. The third kappa shape index (κ3) is 2.93. The number of nitrogens with zero attached hydrogens (tertiary/aromatic N) is 1. The monoisotopic (exact) mass is 252 g/mol. The van der Waals surface area contributed by atoms with Gasteiger partial charge in [0.15, 0.2) is 0 Å². The molecule has 0 aliphatic heterocycles. The third-order valence-corrected chi connectivity index (χ3v) is 4.22. The van der Waals surface area contributed by atoms with Gasteiger partial charge in [-0.25, -0.2) is 4.98 Å². The summed E-state index contributed by atoms with van der Waals surface area (Å²) < 4.78 is 5.56. The normalized spacial score (nSPS) is 28.6. The summed E-state index contributed by atoms with van der Waals surface area (Å²) in [6.45, 7) is 6.95. The minimum atomic E-state index is -0.136. The van der Waals surface area contributed by atoms with Crippen molar-refractivity contribution in [2.75, 3.05) is 6.61 Å². The van der Waals surface area contributed by atoms with Crippen molar-refractivity contribution in [1.82, 2.24) is 10.3 Å². The Labute approximate surface area is 109 Å². The lowest BCUT2D eigenvalue weighted by Crippen LogP contribution is -2.50. The van der Waals surface area contributed by atoms with E-state index < -0.39 is 0 Å². The summed E-state index contributed by atoms with van der Waals surface area (Å²) in [7, 11) is 0. The molecule has 0 amide bonds. The van der Waals surface area contributed by atoms with E-state index in [0.717, 1.165) is 36.1 Å². The molecule has 1 aromatic heterocycles. The molecule has 0 spiro atoms. The highest BCUT2D eigenvalue weighted by Crippen LogP contribution is 2.31. The molecule has 4 heteroatoms. The van der Waals surface area contributed by atoms with Crippen LogP contribution in [-0.2, 0) is 6.54 Å². The van der Waals surface area contributed by atoms with Gasteiger partial charge < -0.3 is 14.8 Å². The average Bonchev–Trinajstić information content (AvgIpc) is 2.69. The van der Waals surface area contributed by atoms with Gasteiger partial charge in [-0.1, -0.05) is 6.92 Å². The first-order valence-corrected chi connectivity index (χ1v) is 6.83. The van der Waals surface area contributed by atoms with Crippen LogP contribution in [0.15, 0.2) is 4.42 Å². The largest absolute Gasteiger partial charge is 0.444 e. The molecule has 1 fully saturated rings. The van der Waals surface area contributed by atoms with E-state index in [2.05, 4.69) is 17.2 Å². The maximum atomic E-state index is 9.65. The SMILES string of the molecule is Cc1nc(CNC2(CO)CCC(C)CC2)oc1C. The Hall–Kier alpha value is -0.870. The van der Waals surface area contributed by atoms with Crippen LogP contribution < -0.4 is 5.32 Å². The summed E-state index contributed by atoms with van der Waals surface area (Å²) in [6, 6.07) is 0. The molecule has 0 aromatic carbocycles. The van der Waals surface area contributed by atoms with Crippen molar-refractivity contribution in [3.63, 3.8) is 0 Å². The Morgan fingerprint density at radius 3 is 2.56 bits per heavy atom. The molecule has 1 aliphatic carbocycles. The van der Waals surface area contributed by atoms with E-state index in [0.29, 0.717) is 6.54 Å². The predicted molar refractivity (Wildman–Crippen MR) is 70.3 cm³/mol. The number of oxazole rings is 1. The molecule has 102 valence electrons. The Morgan fingerprint density at radius 2 is 2.06 bits per heavy atom. The molecule has 0 atom stereocenters. The van der Waals surface area contributed by atoms with Gasteiger partial charge in [-0.05, 0) is 45.4 Å². The van der Waals surface area contributed by atoms with E-state index in [1.165, 1.54) is 12.8 Å². The molecular weight excluding hydrogens is 228 g/mol. The highest BCUT2D eigenvalue weighted by Gasteiger charge is 2.33. The van der Waals surface area contributed by atoms with Crippen LogP contribution in [0.1, 0.15) is 50.0 Å². The van der Waals surface area contributed by atoms with Gasteiger partial charge in [0.05, 0.1) is 18.8 Å². The van der Waals surface area contributed by atoms with Crippen LogP contribution >= 0.6 is 0 Å². The predicted octanol–water partition coefficient (Wildman–Crippen LogP) is 2.32. The quantitative estimate of drug-likeness (QED) is 0.863. The van der Waals surface area contributed by atoms with Gasteiger partial charge >= 0.3 is 0 Å². The van der Waals surface area contributed by atoms with Crippen LogP contribution in [0.25, 0.3) is 0 Å². The lowest BCUT2D eigenvalue weighted by atomic mass is 9.77. The minimum absolute atomic E-state index is 0.136. The standard InChI is InChI=1S/C14H24N2O2/c1-10-4-6-14(9-17,7-5-10)15-8-13-16-11(2)12(3)18-13/h10,15,17H,4-9H2,1-3H3. The molecule has 1 aromatic rings. The van der Waals surface area contributed by atoms with Crippen molar-refractivity contribution in [1.29, 1.82) is 0 Å². The van der Waals surface area contributed by atoms with Gasteiger partial charge in [-0.15, -0.1) is 0 Å². The van der Waals surface area contributed by atoms with Crippen LogP contribution in [0, 0.1) is 19.8 Å². The van der Waals surface area contributed by atoms with E-state index >= 15 is 0 Å². The first-order valence-electron chi connectivity index (χ1n) is 6.83. The lowest BCUT2D eigenvalue weighted by molar-refractivity contribution is 0.102. The van der Waals surface area contributed by atoms with Crippen LogP contribution in [0.2, 0.25) is 0 Å². The summed E-state index contributed by atoms with van der Waals surface area (Å²) in [4.78, 5) is 4.36. The second-order valence-corrected chi connectivity index (χ2v) is 5.72. The number of hydrogen-bond acceptors (Lipinski definition) is 4. The van der Waals surface area contributed by atoms with Crippen molar-refractivity contribution in [2.24, 2.45) is 5.92 Å². The van der Waals surface area contributed by atoms with Crippen molar-refractivity contribution in [3.8, 4) is 0 Å². The van der Waals surface area contributed by atoms with Crippen LogP contribution in [0.4, 0.5) is 0 Å². The minimum Gasteiger partial charge on any atom is -0.444 e. The molecule has 4 nitrogen and oxygen atoms in total. The highest BCUT2D eigenvalue weighted by molar-refractivity contribution is 5.05. The number of rotatable bonds is 4. The smallest absolute Gasteiger partial charge is 0.208 e. The Bertz CT molecular complexity index is 373. The van der Waals surface area contributed by atoms with Gasteiger partial charge in [0.1, 0.15) is 5.76 Å². The number of aliphatic hydroxyl groups excluding tert-OH is 1. The van der Waals surface area contributed by atoms with E-state index in [-0.39, 0.29) is 12.1 Å². The molecule has 0 saturated heterocycles. The Morgan fingerprint density at radius 1 is 1.39 bits per heavy atom. The molecule has 0 radical (unpaired) electrons. The first-order chi connectivity index (χ1) is 8.54. The van der Waals surface area contributed by atoms with Crippen LogP contribution in [0.5, 0.6) is 0 Å². The number of aromatic nitrogens is 1. The van der Waals surface area contributed by atoms with Gasteiger partial charge in [0, 0.05) is 5.54 Å². The molecule has 2 rings (SSSR count). The number of hydrogen-bond donors (Lipinski definition) is 2. The summed E-state index contributed by atoms with van der Waals surface area (Å²) >= 11 is 0. The first kappa shape index (κ1) is 13.6. The van der Waals surface area contributed by atoms with Crippen molar-refractivity contribution >= 4 is 0 Å². The number of aliphatic hydroxyl groups is 1. The van der Waals surface area contributed by atoms with E-state index in [1.54, 1.807) is 0 Å². The van der Waals surface area contributed by atoms with E-state index in [4.69, 9.17) is 4.42 Å². The van der Waals surface area contributed by atoms with E-state index in [1.807, 2.05) is 13.8 Å². The fourth-order valence-corrected chi connectivity index (χ4v) is 2.58. The summed E-state index contributed by atoms with van der Waals surface area (Å²) in [6.07, 6.45) is 4.42. The second kappa shape index (κ2) is 5.41. The molecule has 18 heavy (non-hydrogen) atoms. The van der Waals surface area contributed by atoms with Gasteiger partial charge in [-0.2, -0.15) is 0 Å². The zero-order chi connectivity index (χ0) is 13.2. The number of nitrogens with one attached hydrogen (secondary N) is 1. The zero-order valence-electron chi connectivity index (χ0n) is 11.6. The lowest BCUT2D eigenvalue weighted by Gasteiger charge is -2.38. The Kier molecular flexibility index (Phi) is 4.07.